The lowest BCUT2D eigenvalue weighted by molar-refractivity contribution is 0.0745. The topological polar surface area (TPSA) is 57.7 Å². The number of carbonyl (C=O) groups excluding carboxylic acids is 1. The number of halogens is 1. The fourth-order valence-electron chi connectivity index (χ4n) is 3.34. The molecule has 1 saturated heterocycles. The van der Waals surface area contributed by atoms with Gasteiger partial charge in [-0.2, -0.15) is 0 Å². The van der Waals surface area contributed by atoms with E-state index in [9.17, 15) is 17.6 Å². The number of hydrogen-bond donors (Lipinski definition) is 0. The van der Waals surface area contributed by atoms with Crippen molar-refractivity contribution in [2.75, 3.05) is 43.6 Å². The molecule has 0 spiro atoms. The number of amides is 1. The molecule has 0 saturated carbocycles. The molecular formula is C21H25FN2O3S2. The number of aryl methyl sites for hydroxylation is 1. The highest BCUT2D eigenvalue weighted by atomic mass is 32.2. The van der Waals surface area contributed by atoms with Gasteiger partial charge >= 0.3 is 0 Å². The molecule has 156 valence electrons. The Labute approximate surface area is 174 Å². The van der Waals surface area contributed by atoms with Crippen LogP contribution < -0.4 is 4.90 Å². The Morgan fingerprint density at radius 3 is 2.34 bits per heavy atom. The molecule has 29 heavy (non-hydrogen) atoms. The molecule has 1 fully saturated rings. The Morgan fingerprint density at radius 1 is 1.14 bits per heavy atom. The molecule has 2 aromatic rings. The number of benzene rings is 2. The predicted molar refractivity (Wildman–Crippen MR) is 117 cm³/mol. The molecule has 2 atom stereocenters. The first kappa shape index (κ1) is 21.5. The van der Waals surface area contributed by atoms with Gasteiger partial charge in [0.25, 0.3) is 5.91 Å². The largest absolute Gasteiger partial charge is 0.366 e. The van der Waals surface area contributed by atoms with E-state index in [1.54, 1.807) is 41.5 Å². The molecule has 0 N–H and O–H groups in total. The molecule has 5 nitrogen and oxygen atoms in total. The van der Waals surface area contributed by atoms with Crippen LogP contribution in [0.3, 0.4) is 0 Å². The molecule has 0 bridgehead atoms. The van der Waals surface area contributed by atoms with Crippen LogP contribution in [0.25, 0.3) is 0 Å². The van der Waals surface area contributed by atoms with Gasteiger partial charge in [0.1, 0.15) is 5.82 Å². The number of rotatable bonds is 4. The van der Waals surface area contributed by atoms with Crippen LogP contribution in [0.2, 0.25) is 0 Å². The van der Waals surface area contributed by atoms with Crippen molar-refractivity contribution in [3.8, 4) is 0 Å². The molecule has 1 amide bonds. The van der Waals surface area contributed by atoms with E-state index in [-0.39, 0.29) is 5.91 Å². The van der Waals surface area contributed by atoms with Crippen molar-refractivity contribution >= 4 is 37.8 Å². The summed E-state index contributed by atoms with van der Waals surface area (Å²) in [4.78, 5) is 17.6. The van der Waals surface area contributed by atoms with E-state index in [0.29, 0.717) is 47.2 Å². The molecule has 1 aliphatic heterocycles. The molecule has 2 aromatic carbocycles. The van der Waals surface area contributed by atoms with Crippen molar-refractivity contribution in [1.29, 1.82) is 0 Å². The van der Waals surface area contributed by atoms with E-state index >= 15 is 0 Å². The minimum atomic E-state index is -2.41. The summed E-state index contributed by atoms with van der Waals surface area (Å²) in [5, 5.41) is 0. The smallest absolute Gasteiger partial charge is 0.254 e. The highest BCUT2D eigenvalue weighted by Gasteiger charge is 2.25. The summed E-state index contributed by atoms with van der Waals surface area (Å²) in [6.45, 7) is 3.75. The Hall–Kier alpha value is -2.19. The third kappa shape index (κ3) is 4.70. The van der Waals surface area contributed by atoms with Crippen LogP contribution in [0.4, 0.5) is 10.1 Å². The van der Waals surface area contributed by atoms with Gasteiger partial charge in [0.05, 0.1) is 5.69 Å². The first-order valence-corrected chi connectivity index (χ1v) is 12.9. The van der Waals surface area contributed by atoms with Crippen molar-refractivity contribution in [2.24, 2.45) is 0 Å². The zero-order chi connectivity index (χ0) is 21.3. The number of anilines is 1. The third-order valence-electron chi connectivity index (χ3n) is 5.10. The minimum absolute atomic E-state index is 0.121. The van der Waals surface area contributed by atoms with Crippen LogP contribution in [0, 0.1) is 12.7 Å². The summed E-state index contributed by atoms with van der Waals surface area (Å²) in [5.74, 6) is 3.16. The summed E-state index contributed by atoms with van der Waals surface area (Å²) >= 11 is 0. The molecule has 3 rings (SSSR count). The van der Waals surface area contributed by atoms with Crippen LogP contribution in [-0.2, 0) is 20.3 Å². The Kier molecular flexibility index (Phi) is 6.14. The fraction of sp³-hybridized carbons (Fsp3) is 0.333. The van der Waals surface area contributed by atoms with Gasteiger partial charge in [-0.1, -0.05) is 6.07 Å². The normalized spacial score (nSPS) is 17.7. The average Bonchev–Trinajstić information content (AvgIpc) is 2.67. The number of piperazine rings is 1. The van der Waals surface area contributed by atoms with Crippen molar-refractivity contribution in [3.63, 3.8) is 0 Å². The summed E-state index contributed by atoms with van der Waals surface area (Å²) in [7, 11) is -3.64. The average molecular weight is 437 g/mol. The van der Waals surface area contributed by atoms with Crippen LogP contribution in [0.15, 0.2) is 46.2 Å². The summed E-state index contributed by atoms with van der Waals surface area (Å²) < 4.78 is 38.2. The summed E-state index contributed by atoms with van der Waals surface area (Å²) in [6, 6.07) is 9.82. The van der Waals surface area contributed by atoms with Gasteiger partial charge < -0.3 is 9.80 Å². The maximum absolute atomic E-state index is 14.4. The fourth-order valence-corrected chi connectivity index (χ4v) is 4.60. The van der Waals surface area contributed by atoms with Gasteiger partial charge in [-0.3, -0.25) is 13.2 Å². The van der Waals surface area contributed by atoms with Crippen molar-refractivity contribution < 1.29 is 17.6 Å². The zero-order valence-electron chi connectivity index (χ0n) is 16.8. The van der Waals surface area contributed by atoms with E-state index in [4.69, 9.17) is 0 Å². The monoisotopic (exact) mass is 436 g/mol. The van der Waals surface area contributed by atoms with E-state index < -0.39 is 26.1 Å². The number of carbonyl (C=O) groups is 1. The van der Waals surface area contributed by atoms with Crippen LogP contribution in [-0.4, -0.2) is 63.8 Å². The zero-order valence-corrected chi connectivity index (χ0v) is 18.4. The lowest BCUT2D eigenvalue weighted by atomic mass is 10.1. The first-order chi connectivity index (χ1) is 13.6. The number of nitrogens with zero attached hydrogens (tertiary/aromatic N) is 2. The van der Waals surface area contributed by atoms with Gasteiger partial charge in [-0.15, -0.1) is 0 Å². The maximum Gasteiger partial charge on any atom is 0.254 e. The molecule has 0 aromatic heterocycles. The van der Waals surface area contributed by atoms with E-state index in [0.717, 1.165) is 5.56 Å². The van der Waals surface area contributed by atoms with Gasteiger partial charge in [0.15, 0.2) is 0 Å². The van der Waals surface area contributed by atoms with Crippen molar-refractivity contribution in [1.82, 2.24) is 4.90 Å². The standard InChI is InChI=1S/C21H25FN2O3S2/c1-15-5-7-17(29(3,4)27)14-18(15)21(25)24-11-9-23(10-12-24)20-8-6-16(28(2)26)13-19(20)22/h5-8,13-14H,3,9-12H2,1-2,4H3. The van der Waals surface area contributed by atoms with E-state index in [1.165, 1.54) is 12.3 Å². The Bertz CT molecular complexity index is 1080. The van der Waals surface area contributed by atoms with E-state index in [1.807, 2.05) is 11.8 Å². The SMILES string of the molecule is C=S(C)(=O)c1ccc(C)c(C(=O)N2CCN(c3ccc(S(C)=O)cc3F)CC2)c1. The van der Waals surface area contributed by atoms with Crippen LogP contribution in [0.1, 0.15) is 15.9 Å². The molecule has 0 radical (unpaired) electrons. The molecule has 2 unspecified atom stereocenters. The predicted octanol–water partition coefficient (Wildman–Crippen LogP) is 2.54. The van der Waals surface area contributed by atoms with Gasteiger partial charge in [0, 0.05) is 64.8 Å². The Balaban J connectivity index is 1.74. The lowest BCUT2D eigenvalue weighted by Crippen LogP contribution is -2.49. The quantitative estimate of drug-likeness (QED) is 0.692. The molecule has 8 heteroatoms. The second-order valence-electron chi connectivity index (χ2n) is 7.33. The second kappa shape index (κ2) is 8.28. The van der Waals surface area contributed by atoms with Crippen molar-refractivity contribution in [2.45, 2.75) is 16.7 Å². The highest BCUT2D eigenvalue weighted by molar-refractivity contribution is 7.99. The third-order valence-corrected chi connectivity index (χ3v) is 7.27. The molecule has 1 heterocycles. The molecule has 1 aliphatic rings. The van der Waals surface area contributed by atoms with Crippen molar-refractivity contribution in [3.05, 3.63) is 53.3 Å². The van der Waals surface area contributed by atoms with Gasteiger partial charge in [-0.05, 0) is 58.2 Å². The Morgan fingerprint density at radius 2 is 1.79 bits per heavy atom. The maximum atomic E-state index is 14.4. The lowest BCUT2D eigenvalue weighted by Gasteiger charge is -2.36. The summed E-state index contributed by atoms with van der Waals surface area (Å²) in [6.07, 6.45) is 3.07. The number of hydrogen-bond acceptors (Lipinski definition) is 4. The summed E-state index contributed by atoms with van der Waals surface area (Å²) in [5.41, 5.74) is 1.79. The van der Waals surface area contributed by atoms with E-state index in [2.05, 4.69) is 5.87 Å². The second-order valence-corrected chi connectivity index (χ2v) is 11.2. The molecular weight excluding hydrogens is 411 g/mol. The minimum Gasteiger partial charge on any atom is -0.366 e. The van der Waals surface area contributed by atoms with Crippen LogP contribution in [0.5, 0.6) is 0 Å². The van der Waals surface area contributed by atoms with Crippen LogP contribution >= 0.6 is 0 Å². The highest BCUT2D eigenvalue weighted by Crippen LogP contribution is 2.24. The first-order valence-electron chi connectivity index (χ1n) is 9.18. The van der Waals surface area contributed by atoms with Gasteiger partial charge in [-0.25, -0.2) is 4.39 Å². The molecule has 0 aliphatic carbocycles. The van der Waals surface area contributed by atoms with Gasteiger partial charge in [0.2, 0.25) is 0 Å².